The molecule has 1 aromatic carbocycles. The summed E-state index contributed by atoms with van der Waals surface area (Å²) in [5.74, 6) is 0.315. The largest absolute Gasteiger partial charge is 0.369 e. The summed E-state index contributed by atoms with van der Waals surface area (Å²) in [5, 5.41) is 0. The van der Waals surface area contributed by atoms with Crippen LogP contribution in [-0.2, 0) is 4.79 Å². The molecule has 1 atom stereocenters. The number of hydrogen-bond acceptors (Lipinski definition) is 3. The van der Waals surface area contributed by atoms with E-state index in [2.05, 4.69) is 48.0 Å². The summed E-state index contributed by atoms with van der Waals surface area (Å²) < 4.78 is 0. The fraction of sp³-hybridized carbons (Fsp3) is 0.533. The van der Waals surface area contributed by atoms with Crippen LogP contribution in [0.1, 0.15) is 24.8 Å². The molecule has 1 saturated heterocycles. The average Bonchev–Trinajstić information content (AvgIpc) is 2.40. The zero-order chi connectivity index (χ0) is 13.0. The van der Waals surface area contributed by atoms with Gasteiger partial charge < -0.3 is 14.6 Å². The molecule has 18 heavy (non-hydrogen) atoms. The fourth-order valence-corrected chi connectivity index (χ4v) is 2.37. The van der Waals surface area contributed by atoms with Crippen LogP contribution in [0.15, 0.2) is 24.3 Å². The first-order chi connectivity index (χ1) is 8.70. The number of likely N-dealkylation sites (N-methyl/N-ethyl adjacent to an activating group) is 1. The molecular weight excluding hydrogens is 224 g/mol. The summed E-state index contributed by atoms with van der Waals surface area (Å²) in [6.45, 7) is 6.52. The molecule has 0 radical (unpaired) electrons. The van der Waals surface area contributed by atoms with Gasteiger partial charge in [0.1, 0.15) is 6.29 Å². The van der Waals surface area contributed by atoms with Crippen LogP contribution in [0, 0.1) is 0 Å². The zero-order valence-corrected chi connectivity index (χ0v) is 11.3. The lowest BCUT2D eigenvalue weighted by Gasteiger charge is -2.34. The summed E-state index contributed by atoms with van der Waals surface area (Å²) in [5.41, 5.74) is 2.55. The van der Waals surface area contributed by atoms with Crippen LogP contribution >= 0.6 is 0 Å². The third-order valence-corrected chi connectivity index (χ3v) is 3.76. The van der Waals surface area contributed by atoms with Crippen molar-refractivity contribution in [1.29, 1.82) is 0 Å². The van der Waals surface area contributed by atoms with E-state index in [0.717, 1.165) is 32.5 Å². The molecule has 1 fully saturated rings. The minimum absolute atomic E-state index is 0.315. The van der Waals surface area contributed by atoms with Crippen molar-refractivity contribution in [2.75, 3.05) is 38.1 Å². The molecule has 2 rings (SSSR count). The van der Waals surface area contributed by atoms with E-state index >= 15 is 0 Å². The van der Waals surface area contributed by atoms with Crippen molar-refractivity contribution in [2.45, 2.75) is 19.3 Å². The highest BCUT2D eigenvalue weighted by molar-refractivity contribution is 5.54. The number of carbonyl (C=O) groups excluding carboxylic acids is 1. The van der Waals surface area contributed by atoms with Crippen LogP contribution in [0.2, 0.25) is 0 Å². The van der Waals surface area contributed by atoms with Gasteiger partial charge in [0.05, 0.1) is 0 Å². The molecule has 1 aromatic rings. The van der Waals surface area contributed by atoms with Gasteiger partial charge in [-0.15, -0.1) is 0 Å². The number of rotatable bonds is 4. The number of hydrogen-bond donors (Lipinski definition) is 0. The predicted octanol–water partition coefficient (Wildman–Crippen LogP) is 2.13. The van der Waals surface area contributed by atoms with Crippen molar-refractivity contribution >= 4 is 12.0 Å². The molecule has 0 aromatic heterocycles. The van der Waals surface area contributed by atoms with E-state index in [0.29, 0.717) is 12.3 Å². The molecular formula is C15H22N2O. The Hall–Kier alpha value is -1.35. The standard InChI is InChI=1S/C15H22N2O/c1-13(6-11-18)14-4-3-5-15(12-14)17-9-7-16(2)8-10-17/h3-5,11-13H,6-10H2,1-2H3. The molecule has 98 valence electrons. The minimum atomic E-state index is 0.315. The normalized spacial score (nSPS) is 18.7. The summed E-state index contributed by atoms with van der Waals surface area (Å²) in [6, 6.07) is 8.62. The third kappa shape index (κ3) is 3.10. The molecule has 3 nitrogen and oxygen atoms in total. The van der Waals surface area contributed by atoms with Crippen LogP contribution < -0.4 is 4.90 Å². The molecule has 0 N–H and O–H groups in total. The van der Waals surface area contributed by atoms with Crippen LogP contribution in [0.25, 0.3) is 0 Å². The third-order valence-electron chi connectivity index (χ3n) is 3.76. The summed E-state index contributed by atoms with van der Waals surface area (Å²) in [7, 11) is 2.17. The average molecular weight is 246 g/mol. The molecule has 1 unspecified atom stereocenters. The van der Waals surface area contributed by atoms with Gasteiger partial charge in [-0.3, -0.25) is 0 Å². The molecule has 1 aliphatic heterocycles. The van der Waals surface area contributed by atoms with E-state index in [4.69, 9.17) is 0 Å². The molecule has 0 aliphatic carbocycles. The highest BCUT2D eigenvalue weighted by Crippen LogP contribution is 2.24. The molecule has 1 aliphatic rings. The van der Waals surface area contributed by atoms with Crippen molar-refractivity contribution in [2.24, 2.45) is 0 Å². The first kappa shape index (κ1) is 13.1. The second kappa shape index (κ2) is 6.01. The highest BCUT2D eigenvalue weighted by atomic mass is 16.1. The van der Waals surface area contributed by atoms with E-state index in [9.17, 15) is 4.79 Å². The smallest absolute Gasteiger partial charge is 0.120 e. The number of carbonyl (C=O) groups is 1. The van der Waals surface area contributed by atoms with Gasteiger partial charge in [0, 0.05) is 38.3 Å². The number of nitrogens with zero attached hydrogens (tertiary/aromatic N) is 2. The molecule has 1 heterocycles. The Kier molecular flexibility index (Phi) is 4.37. The Morgan fingerprint density at radius 1 is 1.28 bits per heavy atom. The summed E-state index contributed by atoms with van der Waals surface area (Å²) >= 11 is 0. The molecule has 0 saturated carbocycles. The van der Waals surface area contributed by atoms with Gasteiger partial charge in [0.2, 0.25) is 0 Å². The van der Waals surface area contributed by atoms with E-state index < -0.39 is 0 Å². The van der Waals surface area contributed by atoms with Crippen molar-refractivity contribution < 1.29 is 4.79 Å². The number of benzene rings is 1. The van der Waals surface area contributed by atoms with Crippen molar-refractivity contribution in [1.82, 2.24) is 4.90 Å². The van der Waals surface area contributed by atoms with E-state index in [-0.39, 0.29) is 0 Å². The van der Waals surface area contributed by atoms with Gasteiger partial charge >= 0.3 is 0 Å². The van der Waals surface area contributed by atoms with Crippen molar-refractivity contribution in [3.63, 3.8) is 0 Å². The monoisotopic (exact) mass is 246 g/mol. The summed E-state index contributed by atoms with van der Waals surface area (Å²) in [4.78, 5) is 15.4. The van der Waals surface area contributed by atoms with Gasteiger partial charge in [-0.25, -0.2) is 0 Å². The fourth-order valence-electron chi connectivity index (χ4n) is 2.37. The van der Waals surface area contributed by atoms with E-state index in [1.165, 1.54) is 11.3 Å². The second-order valence-electron chi connectivity index (χ2n) is 5.19. The first-order valence-electron chi connectivity index (χ1n) is 6.68. The van der Waals surface area contributed by atoms with E-state index in [1.807, 2.05) is 0 Å². The first-order valence-corrected chi connectivity index (χ1v) is 6.68. The van der Waals surface area contributed by atoms with Gasteiger partial charge in [-0.1, -0.05) is 19.1 Å². The Labute approximate surface area is 109 Å². The molecule has 0 bridgehead atoms. The number of piperazine rings is 1. The van der Waals surface area contributed by atoms with Crippen molar-refractivity contribution in [3.05, 3.63) is 29.8 Å². The lowest BCUT2D eigenvalue weighted by molar-refractivity contribution is -0.108. The Balaban J connectivity index is 2.09. The topological polar surface area (TPSA) is 23.6 Å². The lowest BCUT2D eigenvalue weighted by Crippen LogP contribution is -2.44. The van der Waals surface area contributed by atoms with Gasteiger partial charge in [-0.05, 0) is 30.7 Å². The van der Waals surface area contributed by atoms with Crippen LogP contribution in [0.5, 0.6) is 0 Å². The minimum Gasteiger partial charge on any atom is -0.369 e. The predicted molar refractivity (Wildman–Crippen MR) is 75.2 cm³/mol. The molecule has 3 heteroatoms. The molecule has 0 amide bonds. The van der Waals surface area contributed by atoms with Crippen LogP contribution in [-0.4, -0.2) is 44.4 Å². The Morgan fingerprint density at radius 2 is 2.00 bits per heavy atom. The zero-order valence-electron chi connectivity index (χ0n) is 11.3. The van der Waals surface area contributed by atoms with Crippen molar-refractivity contribution in [3.8, 4) is 0 Å². The van der Waals surface area contributed by atoms with Gasteiger partial charge in [0.15, 0.2) is 0 Å². The number of anilines is 1. The maximum Gasteiger partial charge on any atom is 0.120 e. The highest BCUT2D eigenvalue weighted by Gasteiger charge is 2.15. The Bertz CT molecular complexity index is 397. The Morgan fingerprint density at radius 3 is 2.67 bits per heavy atom. The second-order valence-corrected chi connectivity index (χ2v) is 5.19. The SMILES string of the molecule is CC(CC=O)c1cccc(N2CCN(C)CC2)c1. The maximum absolute atomic E-state index is 10.6. The summed E-state index contributed by atoms with van der Waals surface area (Å²) in [6.07, 6.45) is 1.61. The van der Waals surface area contributed by atoms with Crippen LogP contribution in [0.4, 0.5) is 5.69 Å². The van der Waals surface area contributed by atoms with Gasteiger partial charge in [-0.2, -0.15) is 0 Å². The quantitative estimate of drug-likeness (QED) is 0.760. The maximum atomic E-state index is 10.6. The van der Waals surface area contributed by atoms with Gasteiger partial charge in [0.25, 0.3) is 0 Å². The van der Waals surface area contributed by atoms with Crippen LogP contribution in [0.3, 0.4) is 0 Å². The molecule has 0 spiro atoms. The van der Waals surface area contributed by atoms with E-state index in [1.54, 1.807) is 0 Å². The number of aldehydes is 1. The lowest BCUT2D eigenvalue weighted by atomic mass is 9.98.